The van der Waals surface area contributed by atoms with Gasteiger partial charge in [-0.3, -0.25) is 9.36 Å². The Morgan fingerprint density at radius 3 is 2.58 bits per heavy atom. The average molecular weight is 261 g/mol. The highest BCUT2D eigenvalue weighted by Gasteiger charge is 2.26. The Balaban J connectivity index is 3.11. The molecule has 2 heterocycles. The first kappa shape index (κ1) is 13.1. The van der Waals surface area contributed by atoms with Crippen LogP contribution in [-0.4, -0.2) is 20.6 Å². The van der Waals surface area contributed by atoms with Gasteiger partial charge in [0.15, 0.2) is 0 Å². The van der Waals surface area contributed by atoms with Crippen LogP contribution in [0.2, 0.25) is 0 Å². The number of rotatable bonds is 1. The number of fused-ring (bicyclic) bond motifs is 1. The summed E-state index contributed by atoms with van der Waals surface area (Å²) in [6, 6.07) is 3.31. The predicted molar refractivity (Wildman–Crippen MR) is 72.4 cm³/mol. The molecule has 0 fully saturated rings. The van der Waals surface area contributed by atoms with E-state index in [-0.39, 0.29) is 5.69 Å². The molecule has 0 saturated carbocycles. The second-order valence-corrected chi connectivity index (χ2v) is 5.28. The highest BCUT2D eigenvalue weighted by molar-refractivity contribution is 6.02. The SMILES string of the molecule is CC(C)(C)n1c(=O)c(C(=O)O)c(N)c2cccnc21. The number of anilines is 1. The molecule has 0 unspecified atom stereocenters. The molecule has 6 nitrogen and oxygen atoms in total. The molecule has 0 aliphatic carbocycles. The summed E-state index contributed by atoms with van der Waals surface area (Å²) >= 11 is 0. The van der Waals surface area contributed by atoms with Gasteiger partial charge in [0.25, 0.3) is 5.56 Å². The van der Waals surface area contributed by atoms with Crippen LogP contribution in [0.4, 0.5) is 5.69 Å². The fraction of sp³-hybridized carbons (Fsp3) is 0.308. The number of carbonyl (C=O) groups is 1. The molecule has 0 aliphatic heterocycles. The van der Waals surface area contributed by atoms with Gasteiger partial charge in [-0.1, -0.05) is 0 Å². The van der Waals surface area contributed by atoms with Crippen molar-refractivity contribution in [1.82, 2.24) is 9.55 Å². The first-order valence-electron chi connectivity index (χ1n) is 5.78. The molecule has 2 aromatic heterocycles. The molecule has 2 rings (SSSR count). The van der Waals surface area contributed by atoms with Crippen molar-refractivity contribution in [3.8, 4) is 0 Å². The Hall–Kier alpha value is -2.37. The maximum atomic E-state index is 12.4. The molecule has 2 aromatic rings. The fourth-order valence-electron chi connectivity index (χ4n) is 2.07. The number of carboxylic acid groups (broad SMARTS) is 1. The first-order valence-corrected chi connectivity index (χ1v) is 5.78. The summed E-state index contributed by atoms with van der Waals surface area (Å²) in [6.45, 7) is 5.43. The van der Waals surface area contributed by atoms with Crippen molar-refractivity contribution in [3.63, 3.8) is 0 Å². The number of nitrogen functional groups attached to an aromatic ring is 1. The van der Waals surface area contributed by atoms with Gasteiger partial charge in [0.2, 0.25) is 0 Å². The van der Waals surface area contributed by atoms with Gasteiger partial charge in [-0.15, -0.1) is 0 Å². The van der Waals surface area contributed by atoms with E-state index in [1.54, 1.807) is 18.3 Å². The second kappa shape index (κ2) is 4.08. The third-order valence-electron chi connectivity index (χ3n) is 2.86. The molecule has 0 amide bonds. The van der Waals surface area contributed by atoms with Gasteiger partial charge in [0.1, 0.15) is 11.2 Å². The topological polar surface area (TPSA) is 98.2 Å². The van der Waals surface area contributed by atoms with Crippen LogP contribution >= 0.6 is 0 Å². The maximum Gasteiger partial charge on any atom is 0.343 e. The van der Waals surface area contributed by atoms with E-state index in [9.17, 15) is 14.7 Å². The maximum absolute atomic E-state index is 12.4. The van der Waals surface area contributed by atoms with E-state index in [4.69, 9.17) is 5.73 Å². The van der Waals surface area contributed by atoms with Gasteiger partial charge in [-0.2, -0.15) is 0 Å². The van der Waals surface area contributed by atoms with E-state index in [1.807, 2.05) is 20.8 Å². The zero-order valence-corrected chi connectivity index (χ0v) is 11.0. The van der Waals surface area contributed by atoms with Crippen LogP contribution < -0.4 is 11.3 Å². The van der Waals surface area contributed by atoms with E-state index >= 15 is 0 Å². The van der Waals surface area contributed by atoms with Gasteiger partial charge in [-0.05, 0) is 32.9 Å². The van der Waals surface area contributed by atoms with Crippen LogP contribution in [-0.2, 0) is 5.54 Å². The molecule has 6 heteroatoms. The van der Waals surface area contributed by atoms with E-state index in [2.05, 4.69) is 4.98 Å². The second-order valence-electron chi connectivity index (χ2n) is 5.28. The molecule has 0 bridgehead atoms. The lowest BCUT2D eigenvalue weighted by Gasteiger charge is -2.25. The molecule has 0 atom stereocenters. The Bertz CT molecular complexity index is 726. The third-order valence-corrected chi connectivity index (χ3v) is 2.86. The fourth-order valence-corrected chi connectivity index (χ4v) is 2.07. The zero-order valence-electron chi connectivity index (χ0n) is 11.0. The minimum absolute atomic E-state index is 0.0406. The van der Waals surface area contributed by atoms with Crippen LogP contribution in [0.15, 0.2) is 23.1 Å². The highest BCUT2D eigenvalue weighted by atomic mass is 16.4. The summed E-state index contributed by atoms with van der Waals surface area (Å²) in [5.41, 5.74) is 4.51. The summed E-state index contributed by atoms with van der Waals surface area (Å²) in [4.78, 5) is 27.8. The summed E-state index contributed by atoms with van der Waals surface area (Å²) in [5, 5.41) is 9.65. The first-order chi connectivity index (χ1) is 8.75. The monoisotopic (exact) mass is 261 g/mol. The molecule has 3 N–H and O–H groups in total. The summed E-state index contributed by atoms with van der Waals surface area (Å²) in [7, 11) is 0. The number of aromatic carboxylic acids is 1. The molecular weight excluding hydrogens is 246 g/mol. The summed E-state index contributed by atoms with van der Waals surface area (Å²) < 4.78 is 1.36. The minimum atomic E-state index is -1.33. The number of pyridine rings is 2. The van der Waals surface area contributed by atoms with Crippen molar-refractivity contribution in [2.24, 2.45) is 0 Å². The number of hydrogen-bond donors (Lipinski definition) is 2. The van der Waals surface area contributed by atoms with Crippen molar-refractivity contribution in [2.75, 3.05) is 5.73 Å². The minimum Gasteiger partial charge on any atom is -0.477 e. The number of aromatic nitrogens is 2. The molecule has 0 radical (unpaired) electrons. The molecule has 19 heavy (non-hydrogen) atoms. The van der Waals surface area contributed by atoms with Gasteiger partial charge < -0.3 is 10.8 Å². The van der Waals surface area contributed by atoms with E-state index in [1.165, 1.54) is 4.57 Å². The normalized spacial score (nSPS) is 11.7. The van der Waals surface area contributed by atoms with Crippen LogP contribution in [0.1, 0.15) is 31.1 Å². The number of nitrogens with two attached hydrogens (primary N) is 1. The van der Waals surface area contributed by atoms with Gasteiger partial charge in [0, 0.05) is 17.1 Å². The lowest BCUT2D eigenvalue weighted by molar-refractivity contribution is 0.0695. The van der Waals surface area contributed by atoms with Crippen LogP contribution in [0.3, 0.4) is 0 Å². The predicted octanol–water partition coefficient (Wildman–Crippen LogP) is 1.43. The standard InChI is InChI=1S/C13H15N3O3/c1-13(2,3)16-10-7(5-4-6-15-10)9(14)8(11(16)17)12(18)19/h4-6H,14H2,1-3H3,(H,18,19). The van der Waals surface area contributed by atoms with Gasteiger partial charge >= 0.3 is 5.97 Å². The quantitative estimate of drug-likeness (QED) is 0.809. The zero-order chi connectivity index (χ0) is 14.4. The van der Waals surface area contributed by atoms with Gasteiger partial charge in [-0.25, -0.2) is 9.78 Å². The Morgan fingerprint density at radius 1 is 1.42 bits per heavy atom. The number of nitrogens with zero attached hydrogens (tertiary/aromatic N) is 2. The van der Waals surface area contributed by atoms with Crippen molar-refractivity contribution in [1.29, 1.82) is 0 Å². The number of carboxylic acids is 1. The van der Waals surface area contributed by atoms with Crippen molar-refractivity contribution >= 4 is 22.7 Å². The van der Waals surface area contributed by atoms with Gasteiger partial charge in [0.05, 0.1) is 5.69 Å². The lowest BCUT2D eigenvalue weighted by atomic mass is 10.0. The van der Waals surface area contributed by atoms with Crippen LogP contribution in [0, 0.1) is 0 Å². The average Bonchev–Trinajstić information content (AvgIpc) is 2.26. The Kier molecular flexibility index (Phi) is 2.81. The highest BCUT2D eigenvalue weighted by Crippen LogP contribution is 2.24. The third kappa shape index (κ3) is 1.95. The van der Waals surface area contributed by atoms with Crippen LogP contribution in [0.25, 0.3) is 11.0 Å². The molecule has 0 aromatic carbocycles. The molecule has 0 spiro atoms. The molecule has 100 valence electrons. The molecule has 0 saturated heterocycles. The van der Waals surface area contributed by atoms with E-state index < -0.39 is 22.6 Å². The summed E-state index contributed by atoms with van der Waals surface area (Å²) in [5.74, 6) is -1.33. The van der Waals surface area contributed by atoms with E-state index in [0.717, 1.165) is 0 Å². The van der Waals surface area contributed by atoms with Crippen molar-refractivity contribution < 1.29 is 9.90 Å². The molecular formula is C13H15N3O3. The Labute approximate surface area is 109 Å². The van der Waals surface area contributed by atoms with Crippen molar-refractivity contribution in [2.45, 2.75) is 26.3 Å². The Morgan fingerprint density at radius 2 is 2.05 bits per heavy atom. The summed E-state index contributed by atoms with van der Waals surface area (Å²) in [6.07, 6.45) is 1.55. The lowest BCUT2D eigenvalue weighted by Crippen LogP contribution is -2.38. The van der Waals surface area contributed by atoms with Crippen LogP contribution in [0.5, 0.6) is 0 Å². The largest absolute Gasteiger partial charge is 0.477 e. The number of hydrogen-bond acceptors (Lipinski definition) is 4. The van der Waals surface area contributed by atoms with E-state index in [0.29, 0.717) is 11.0 Å². The molecule has 0 aliphatic rings. The van der Waals surface area contributed by atoms with Crippen molar-refractivity contribution in [3.05, 3.63) is 34.2 Å². The smallest absolute Gasteiger partial charge is 0.343 e.